The van der Waals surface area contributed by atoms with E-state index in [4.69, 9.17) is 23.7 Å². The summed E-state index contributed by atoms with van der Waals surface area (Å²) in [7, 11) is 0. The molecule has 1 aliphatic carbocycles. The van der Waals surface area contributed by atoms with E-state index in [2.05, 4.69) is 0 Å². The number of fused-ring (bicyclic) bond motifs is 2. The fourth-order valence-electron chi connectivity index (χ4n) is 4.21. The van der Waals surface area contributed by atoms with E-state index < -0.39 is 59.8 Å². The minimum Gasteiger partial charge on any atom is -0.507 e. The lowest BCUT2D eigenvalue weighted by Gasteiger charge is -2.40. The molecule has 0 radical (unpaired) electrons. The summed E-state index contributed by atoms with van der Waals surface area (Å²) in [6.45, 7) is 3.09. The van der Waals surface area contributed by atoms with E-state index in [9.17, 15) is 29.1 Å². The second kappa shape index (κ2) is 9.78. The van der Waals surface area contributed by atoms with Crippen molar-refractivity contribution in [2.75, 3.05) is 6.61 Å². The van der Waals surface area contributed by atoms with E-state index in [1.54, 1.807) is 12.1 Å². The van der Waals surface area contributed by atoms with Crippen LogP contribution in [0.5, 0.6) is 11.5 Å². The number of ether oxygens (including phenoxy) is 5. The quantitative estimate of drug-likeness (QED) is 0.404. The van der Waals surface area contributed by atoms with E-state index in [1.165, 1.54) is 24.3 Å². The van der Waals surface area contributed by atoms with Crippen LogP contribution in [0.15, 0.2) is 36.4 Å². The number of phenols is 1. The highest BCUT2D eigenvalue weighted by Gasteiger charge is 2.49. The molecule has 1 aliphatic heterocycles. The highest BCUT2D eigenvalue weighted by atomic mass is 16.7. The Morgan fingerprint density at radius 2 is 1.36 bits per heavy atom. The van der Waals surface area contributed by atoms with Crippen molar-refractivity contribution in [2.24, 2.45) is 0 Å². The van der Waals surface area contributed by atoms with Crippen LogP contribution in [-0.4, -0.2) is 65.8 Å². The Balaban J connectivity index is 1.74. The molecule has 188 valence electrons. The van der Waals surface area contributed by atoms with Gasteiger partial charge in [-0.2, -0.15) is 0 Å². The lowest BCUT2D eigenvalue weighted by Crippen LogP contribution is -2.59. The van der Waals surface area contributed by atoms with Crippen molar-refractivity contribution in [1.29, 1.82) is 0 Å². The first-order chi connectivity index (χ1) is 17.1. The van der Waals surface area contributed by atoms with Crippen molar-refractivity contribution in [3.05, 3.63) is 58.7 Å². The average Bonchev–Trinajstić information content (AvgIpc) is 2.81. The van der Waals surface area contributed by atoms with Gasteiger partial charge in [-0.15, -0.1) is 0 Å². The smallest absolute Gasteiger partial charge is 0.303 e. The average molecular weight is 498 g/mol. The van der Waals surface area contributed by atoms with Gasteiger partial charge >= 0.3 is 17.9 Å². The lowest BCUT2D eigenvalue weighted by molar-refractivity contribution is -0.259. The molecular weight excluding hydrogens is 476 g/mol. The van der Waals surface area contributed by atoms with Gasteiger partial charge in [0.15, 0.2) is 23.8 Å². The van der Waals surface area contributed by atoms with Gasteiger partial charge in [0.1, 0.15) is 11.5 Å². The van der Waals surface area contributed by atoms with Gasteiger partial charge in [-0.25, -0.2) is 0 Å². The topological polar surface area (TPSA) is 152 Å². The minimum atomic E-state index is -1.43. The Labute approximate surface area is 204 Å². The van der Waals surface area contributed by atoms with Crippen LogP contribution in [0.3, 0.4) is 0 Å². The molecule has 1 saturated heterocycles. The molecule has 11 nitrogen and oxygen atoms in total. The summed E-state index contributed by atoms with van der Waals surface area (Å²) in [5.74, 6) is -3.89. The van der Waals surface area contributed by atoms with Gasteiger partial charge in [-0.3, -0.25) is 24.0 Å². The maximum absolute atomic E-state index is 13.3. The molecule has 1 heterocycles. The molecule has 0 bridgehead atoms. The van der Waals surface area contributed by atoms with Crippen LogP contribution in [0.1, 0.15) is 52.6 Å². The van der Waals surface area contributed by atoms with Gasteiger partial charge in [-0.1, -0.05) is 24.3 Å². The number of benzene rings is 2. The Hall–Kier alpha value is -4.25. The molecule has 2 aliphatic rings. The fraction of sp³-hybridized carbons (Fsp3) is 0.320. The number of hydrogen-bond acceptors (Lipinski definition) is 11. The highest BCUT2D eigenvalue weighted by Crippen LogP contribution is 2.39. The van der Waals surface area contributed by atoms with Gasteiger partial charge in [-0.05, 0) is 12.1 Å². The number of ketones is 2. The number of phenolic OH excluding ortho intramolecular Hbond substituents is 1. The molecular formula is C25H22O11. The summed E-state index contributed by atoms with van der Waals surface area (Å²) in [4.78, 5) is 61.6. The number of carbonyl (C=O) groups excluding carboxylic acids is 5. The monoisotopic (exact) mass is 498 g/mol. The van der Waals surface area contributed by atoms with E-state index in [0.29, 0.717) is 0 Å². The molecule has 2 aromatic rings. The predicted molar refractivity (Wildman–Crippen MR) is 118 cm³/mol. The molecule has 4 atom stereocenters. The Morgan fingerprint density at radius 3 is 1.94 bits per heavy atom. The summed E-state index contributed by atoms with van der Waals surface area (Å²) in [6, 6.07) is 8.60. The lowest BCUT2D eigenvalue weighted by atomic mass is 9.83. The molecule has 1 N–H and O–H groups in total. The van der Waals surface area contributed by atoms with Gasteiger partial charge in [0.2, 0.25) is 12.4 Å². The largest absolute Gasteiger partial charge is 0.507 e. The predicted octanol–water partition coefficient (Wildman–Crippen LogP) is 1.70. The van der Waals surface area contributed by atoms with Crippen molar-refractivity contribution in [3.63, 3.8) is 0 Å². The Morgan fingerprint density at radius 1 is 0.806 bits per heavy atom. The van der Waals surface area contributed by atoms with E-state index in [0.717, 1.165) is 20.8 Å². The number of esters is 3. The van der Waals surface area contributed by atoms with Crippen molar-refractivity contribution < 1.29 is 52.8 Å². The van der Waals surface area contributed by atoms with Gasteiger partial charge in [0.05, 0.1) is 17.7 Å². The maximum Gasteiger partial charge on any atom is 0.303 e. The van der Waals surface area contributed by atoms with E-state index in [1.807, 2.05) is 0 Å². The van der Waals surface area contributed by atoms with Crippen molar-refractivity contribution in [2.45, 2.75) is 45.4 Å². The summed E-state index contributed by atoms with van der Waals surface area (Å²) in [5, 5.41) is 10.4. The van der Waals surface area contributed by atoms with Crippen LogP contribution in [0.2, 0.25) is 0 Å². The Kier molecular flexibility index (Phi) is 6.75. The summed E-state index contributed by atoms with van der Waals surface area (Å²) < 4.78 is 27.3. The van der Waals surface area contributed by atoms with Gasteiger partial charge in [0.25, 0.3) is 0 Å². The van der Waals surface area contributed by atoms with E-state index in [-0.39, 0.29) is 34.6 Å². The number of aromatic hydroxyl groups is 1. The molecule has 0 spiro atoms. The third-order valence-corrected chi connectivity index (χ3v) is 5.56. The normalized spacial score (nSPS) is 22.6. The number of carbonyl (C=O) groups is 5. The number of hydrogen-bond donors (Lipinski definition) is 1. The van der Waals surface area contributed by atoms with Gasteiger partial charge in [0, 0.05) is 31.9 Å². The van der Waals surface area contributed by atoms with Crippen LogP contribution in [0.4, 0.5) is 0 Å². The first-order valence-electron chi connectivity index (χ1n) is 10.9. The van der Waals surface area contributed by atoms with Crippen molar-refractivity contribution >= 4 is 29.5 Å². The standard InChI is InChI=1S/C25H22O11/c1-11(26)33-18-10-32-25(24(35-13(3)28)23(18)34-12(2)27)36-17-9-8-16(29)19-20(17)22(31)15-7-5-4-6-14(15)21(19)30/h4-9,18,23-25,29H,10H2,1-3H3/t18-,23+,24-,25+/m1/s1. The number of rotatable bonds is 5. The molecule has 0 unspecified atom stereocenters. The molecule has 1 fully saturated rings. The molecule has 36 heavy (non-hydrogen) atoms. The third-order valence-electron chi connectivity index (χ3n) is 5.56. The molecule has 11 heteroatoms. The second-order valence-electron chi connectivity index (χ2n) is 8.15. The van der Waals surface area contributed by atoms with Crippen molar-refractivity contribution in [3.8, 4) is 11.5 Å². The zero-order valence-electron chi connectivity index (χ0n) is 19.5. The van der Waals surface area contributed by atoms with Crippen LogP contribution in [0, 0.1) is 0 Å². The molecule has 0 amide bonds. The molecule has 0 saturated carbocycles. The zero-order chi connectivity index (χ0) is 26.1. The van der Waals surface area contributed by atoms with Crippen LogP contribution >= 0.6 is 0 Å². The SMILES string of the molecule is CC(=O)O[C@@H]1[C@@H](OC(C)=O)[C@H](Oc2ccc(O)c3c2C(=O)c2ccccc2C3=O)OC[C@H]1OC(C)=O. The summed E-state index contributed by atoms with van der Waals surface area (Å²) in [5.41, 5.74) is -0.187. The highest BCUT2D eigenvalue weighted by molar-refractivity contribution is 6.30. The maximum atomic E-state index is 13.3. The second-order valence-corrected chi connectivity index (χ2v) is 8.15. The summed E-state index contributed by atoms with van der Waals surface area (Å²) in [6.07, 6.45) is -5.24. The van der Waals surface area contributed by atoms with Crippen LogP contribution in [-0.2, 0) is 33.3 Å². The first-order valence-corrected chi connectivity index (χ1v) is 10.9. The molecule has 0 aromatic heterocycles. The fourth-order valence-corrected chi connectivity index (χ4v) is 4.21. The summed E-state index contributed by atoms with van der Waals surface area (Å²) >= 11 is 0. The molecule has 4 rings (SSSR count). The van der Waals surface area contributed by atoms with Crippen LogP contribution < -0.4 is 4.74 Å². The van der Waals surface area contributed by atoms with Gasteiger partial charge < -0.3 is 28.8 Å². The van der Waals surface area contributed by atoms with Crippen molar-refractivity contribution in [1.82, 2.24) is 0 Å². The zero-order valence-corrected chi connectivity index (χ0v) is 19.5. The first kappa shape index (κ1) is 24.9. The molecule has 2 aromatic carbocycles. The minimum absolute atomic E-state index is 0.124. The Bertz CT molecular complexity index is 1260. The van der Waals surface area contributed by atoms with E-state index >= 15 is 0 Å². The third kappa shape index (κ3) is 4.65. The van der Waals surface area contributed by atoms with Crippen LogP contribution in [0.25, 0.3) is 0 Å².